The van der Waals surface area contributed by atoms with Gasteiger partial charge in [0.15, 0.2) is 0 Å². The van der Waals surface area contributed by atoms with Gasteiger partial charge in [0, 0.05) is 20.0 Å². The van der Waals surface area contributed by atoms with Crippen molar-refractivity contribution in [3.8, 4) is 11.4 Å². The Bertz CT molecular complexity index is 1200. The third-order valence-corrected chi connectivity index (χ3v) is 5.67. The first kappa shape index (κ1) is 20.5. The van der Waals surface area contributed by atoms with E-state index in [4.69, 9.17) is 4.74 Å². The lowest BCUT2D eigenvalue weighted by molar-refractivity contribution is -0.122. The van der Waals surface area contributed by atoms with Crippen LogP contribution in [0.5, 0.6) is 5.75 Å². The molecule has 0 spiro atoms. The number of ether oxygens (including phenoxy) is 1. The molecule has 0 aliphatic carbocycles. The van der Waals surface area contributed by atoms with Gasteiger partial charge in [-0.3, -0.25) is 19.1 Å². The van der Waals surface area contributed by atoms with E-state index in [1.54, 1.807) is 42.8 Å². The summed E-state index contributed by atoms with van der Waals surface area (Å²) >= 11 is 0. The number of carbonyl (C=O) groups excluding carboxylic acids is 2. The Morgan fingerprint density at radius 1 is 1.06 bits per heavy atom. The molecule has 2 aromatic carbocycles. The van der Waals surface area contributed by atoms with Gasteiger partial charge in [-0.05, 0) is 31.2 Å². The van der Waals surface area contributed by atoms with Crippen molar-refractivity contribution in [2.45, 2.75) is 13.3 Å². The maximum atomic E-state index is 13.0. The van der Waals surface area contributed by atoms with Gasteiger partial charge in [-0.2, -0.15) is 0 Å². The third-order valence-electron chi connectivity index (χ3n) is 5.67. The normalized spacial score (nSPS) is 15.9. The zero-order valence-electron chi connectivity index (χ0n) is 17.7. The van der Waals surface area contributed by atoms with Crippen LogP contribution in [0.4, 0.5) is 11.4 Å². The number of benzene rings is 2. The monoisotopic (exact) mass is 420 g/mol. The Balaban J connectivity index is 1.57. The Morgan fingerprint density at radius 2 is 1.74 bits per heavy atom. The lowest BCUT2D eigenvalue weighted by Gasteiger charge is -2.19. The predicted molar refractivity (Wildman–Crippen MR) is 118 cm³/mol. The van der Waals surface area contributed by atoms with Gasteiger partial charge in [0.2, 0.25) is 11.8 Å². The van der Waals surface area contributed by atoms with Gasteiger partial charge in [-0.25, -0.2) is 4.68 Å². The SMILES string of the molecule is COc1ccccc1N1CC(C(=O)Nc2c(C)n(C)n(-c3ccccc3)c2=O)CC1=O. The summed E-state index contributed by atoms with van der Waals surface area (Å²) in [7, 11) is 3.31. The summed E-state index contributed by atoms with van der Waals surface area (Å²) in [6.07, 6.45) is 0.0721. The van der Waals surface area contributed by atoms with E-state index in [0.29, 0.717) is 22.8 Å². The molecular weight excluding hydrogens is 396 g/mol. The number of amides is 2. The molecule has 1 aliphatic rings. The lowest BCUT2D eigenvalue weighted by atomic mass is 10.1. The summed E-state index contributed by atoms with van der Waals surface area (Å²) in [4.78, 5) is 40.2. The highest BCUT2D eigenvalue weighted by Crippen LogP contribution is 2.33. The number of rotatable bonds is 5. The second-order valence-electron chi connectivity index (χ2n) is 7.50. The van der Waals surface area contributed by atoms with Crippen molar-refractivity contribution < 1.29 is 14.3 Å². The maximum absolute atomic E-state index is 13.0. The number of hydrogen-bond donors (Lipinski definition) is 1. The molecule has 2 amide bonds. The van der Waals surface area contributed by atoms with Crippen molar-refractivity contribution in [2.24, 2.45) is 13.0 Å². The number of nitrogens with zero attached hydrogens (tertiary/aromatic N) is 3. The smallest absolute Gasteiger partial charge is 0.295 e. The number of nitrogens with one attached hydrogen (secondary N) is 1. The molecule has 160 valence electrons. The fraction of sp³-hybridized carbons (Fsp3) is 0.261. The van der Waals surface area contributed by atoms with Crippen LogP contribution in [0.25, 0.3) is 5.69 Å². The Labute approximate surface area is 179 Å². The predicted octanol–water partition coefficient (Wildman–Crippen LogP) is 2.48. The van der Waals surface area contributed by atoms with Crippen LogP contribution in [0.3, 0.4) is 0 Å². The summed E-state index contributed by atoms with van der Waals surface area (Å²) in [5.74, 6) is -0.504. The van der Waals surface area contributed by atoms with Gasteiger partial charge < -0.3 is 15.0 Å². The van der Waals surface area contributed by atoms with Gasteiger partial charge in [0.25, 0.3) is 5.56 Å². The second-order valence-corrected chi connectivity index (χ2v) is 7.50. The molecule has 4 rings (SSSR count). The number of methoxy groups -OCH3 is 1. The number of anilines is 2. The van der Waals surface area contributed by atoms with E-state index in [0.717, 1.165) is 0 Å². The van der Waals surface area contributed by atoms with Crippen molar-refractivity contribution in [2.75, 3.05) is 23.9 Å². The quantitative estimate of drug-likeness (QED) is 0.687. The number of carbonyl (C=O) groups is 2. The van der Waals surface area contributed by atoms with E-state index in [-0.39, 0.29) is 36.0 Å². The molecule has 2 heterocycles. The number of para-hydroxylation sites is 3. The zero-order chi connectivity index (χ0) is 22.1. The Hall–Kier alpha value is -3.81. The zero-order valence-corrected chi connectivity index (χ0v) is 17.7. The van der Waals surface area contributed by atoms with Crippen LogP contribution >= 0.6 is 0 Å². The minimum absolute atomic E-state index is 0.0721. The molecule has 1 N–H and O–H groups in total. The highest BCUT2D eigenvalue weighted by atomic mass is 16.5. The van der Waals surface area contributed by atoms with Gasteiger partial charge in [0.05, 0.1) is 30.1 Å². The topological polar surface area (TPSA) is 85.6 Å². The van der Waals surface area contributed by atoms with Gasteiger partial charge in [-0.15, -0.1) is 0 Å². The largest absolute Gasteiger partial charge is 0.495 e. The summed E-state index contributed by atoms with van der Waals surface area (Å²) in [5.41, 5.74) is 1.88. The highest BCUT2D eigenvalue weighted by molar-refractivity contribution is 6.04. The molecule has 3 aromatic rings. The average molecular weight is 420 g/mol. The molecule has 31 heavy (non-hydrogen) atoms. The molecule has 1 saturated heterocycles. The molecule has 0 radical (unpaired) electrons. The van der Waals surface area contributed by atoms with Crippen molar-refractivity contribution in [1.82, 2.24) is 9.36 Å². The summed E-state index contributed by atoms with van der Waals surface area (Å²) in [5, 5.41) is 2.77. The van der Waals surface area contributed by atoms with E-state index in [2.05, 4.69) is 5.32 Å². The van der Waals surface area contributed by atoms with Crippen LogP contribution in [-0.4, -0.2) is 34.8 Å². The number of hydrogen-bond acceptors (Lipinski definition) is 4. The highest BCUT2D eigenvalue weighted by Gasteiger charge is 2.37. The molecule has 1 aromatic heterocycles. The first-order chi connectivity index (χ1) is 14.9. The summed E-state index contributed by atoms with van der Waals surface area (Å²) < 4.78 is 8.55. The standard InChI is InChI=1S/C23H24N4O4/c1-15-21(23(30)27(25(15)2)17-9-5-4-6-10-17)24-22(29)16-13-20(28)26(14-16)18-11-7-8-12-19(18)31-3/h4-12,16H,13-14H2,1-3H3,(H,24,29). The van der Waals surface area contributed by atoms with Crippen molar-refractivity contribution in [1.29, 1.82) is 0 Å². The minimum atomic E-state index is -0.568. The van der Waals surface area contributed by atoms with Gasteiger partial charge in [0.1, 0.15) is 11.4 Å². The first-order valence-corrected chi connectivity index (χ1v) is 10.0. The fourth-order valence-electron chi connectivity index (χ4n) is 3.91. The van der Waals surface area contributed by atoms with E-state index in [9.17, 15) is 14.4 Å². The molecule has 1 unspecified atom stereocenters. The minimum Gasteiger partial charge on any atom is -0.495 e. The molecule has 8 heteroatoms. The van der Waals surface area contributed by atoms with Crippen LogP contribution in [0.2, 0.25) is 0 Å². The van der Waals surface area contributed by atoms with Crippen LogP contribution in [0.15, 0.2) is 59.4 Å². The van der Waals surface area contributed by atoms with Crippen LogP contribution in [-0.2, 0) is 16.6 Å². The summed E-state index contributed by atoms with van der Waals surface area (Å²) in [6, 6.07) is 16.4. The first-order valence-electron chi connectivity index (χ1n) is 10.0. The Morgan fingerprint density at radius 3 is 2.45 bits per heavy atom. The van der Waals surface area contributed by atoms with E-state index in [1.807, 2.05) is 42.5 Å². The lowest BCUT2D eigenvalue weighted by Crippen LogP contribution is -2.30. The summed E-state index contributed by atoms with van der Waals surface area (Å²) in [6.45, 7) is 2.00. The Kier molecular flexibility index (Phi) is 5.37. The van der Waals surface area contributed by atoms with E-state index in [1.165, 1.54) is 4.68 Å². The van der Waals surface area contributed by atoms with Crippen molar-refractivity contribution >= 4 is 23.2 Å². The van der Waals surface area contributed by atoms with E-state index < -0.39 is 5.92 Å². The van der Waals surface area contributed by atoms with Gasteiger partial charge >= 0.3 is 0 Å². The molecule has 0 bridgehead atoms. The van der Waals surface area contributed by atoms with Crippen LogP contribution in [0, 0.1) is 12.8 Å². The number of aromatic nitrogens is 2. The molecular formula is C23H24N4O4. The molecule has 1 aliphatic heterocycles. The maximum Gasteiger partial charge on any atom is 0.295 e. The van der Waals surface area contributed by atoms with Crippen molar-refractivity contribution in [3.63, 3.8) is 0 Å². The van der Waals surface area contributed by atoms with Crippen LogP contribution in [0.1, 0.15) is 12.1 Å². The average Bonchev–Trinajstić information content (AvgIpc) is 3.27. The van der Waals surface area contributed by atoms with Gasteiger partial charge in [-0.1, -0.05) is 30.3 Å². The van der Waals surface area contributed by atoms with Crippen LogP contribution < -0.4 is 20.5 Å². The van der Waals surface area contributed by atoms with E-state index >= 15 is 0 Å². The van der Waals surface area contributed by atoms with Crippen molar-refractivity contribution in [3.05, 3.63) is 70.6 Å². The molecule has 8 nitrogen and oxygen atoms in total. The fourth-order valence-corrected chi connectivity index (χ4v) is 3.91. The molecule has 1 atom stereocenters. The molecule has 0 saturated carbocycles. The third kappa shape index (κ3) is 3.61. The molecule has 1 fully saturated rings. The second kappa shape index (κ2) is 8.14.